The predicted octanol–water partition coefficient (Wildman–Crippen LogP) is 4.62. The molecule has 1 fully saturated rings. The Kier molecular flexibility index (Phi) is 7.54. The van der Waals surface area contributed by atoms with E-state index < -0.39 is 6.10 Å². The van der Waals surface area contributed by atoms with Crippen molar-refractivity contribution in [2.24, 2.45) is 0 Å². The van der Waals surface area contributed by atoms with Crippen molar-refractivity contribution >= 4 is 17.7 Å². The van der Waals surface area contributed by atoms with Gasteiger partial charge >= 0.3 is 0 Å². The number of aliphatic hydroxyl groups is 2. The van der Waals surface area contributed by atoms with Gasteiger partial charge < -0.3 is 20.3 Å². The van der Waals surface area contributed by atoms with Crippen molar-refractivity contribution in [1.82, 2.24) is 15.3 Å². The van der Waals surface area contributed by atoms with Gasteiger partial charge in [-0.3, -0.25) is 15.2 Å². The molecule has 2 aliphatic rings. The lowest BCUT2D eigenvalue weighted by atomic mass is 9.98. The van der Waals surface area contributed by atoms with Gasteiger partial charge in [-0.15, -0.1) is 0 Å². The highest BCUT2D eigenvalue weighted by molar-refractivity contribution is 5.97. The lowest BCUT2D eigenvalue weighted by molar-refractivity contribution is 0.0950. The molecular weight excluding hydrogens is 499 g/mol. The first-order valence-corrected chi connectivity index (χ1v) is 13.1. The molecule has 2 heterocycles. The van der Waals surface area contributed by atoms with Crippen molar-refractivity contribution in [1.29, 1.82) is 0 Å². The van der Waals surface area contributed by atoms with Gasteiger partial charge in [0.05, 0.1) is 25.0 Å². The summed E-state index contributed by atoms with van der Waals surface area (Å²) in [4.78, 5) is 17.3. The number of benzene rings is 2. The zero-order valence-corrected chi connectivity index (χ0v) is 22.2. The molecule has 2 unspecified atom stereocenters. The van der Waals surface area contributed by atoms with Gasteiger partial charge in [0.2, 0.25) is 0 Å². The third-order valence-corrected chi connectivity index (χ3v) is 7.11. The molecule has 39 heavy (non-hydrogen) atoms. The summed E-state index contributed by atoms with van der Waals surface area (Å²) in [7, 11) is 1.55. The molecule has 1 amide bonds. The lowest BCUT2D eigenvalue weighted by Crippen LogP contribution is -2.35. The second-order valence-corrected chi connectivity index (χ2v) is 10.2. The summed E-state index contributed by atoms with van der Waals surface area (Å²) in [6.07, 6.45) is 2.97. The number of β-amino-alcohol motifs (C(OH)–C–C–N with tert-alkyl or cyclic N) is 1. The SMILES string of the molecule is COc1cc(C(=O)NC2CC2)cc2c1NN(CC(O)c1cc(C(C)CO)cc(-c3ccc(F)cc3)n1)C(C)=C2. The molecule has 3 aromatic rings. The molecule has 1 aliphatic heterocycles. The van der Waals surface area contributed by atoms with Crippen LogP contribution < -0.4 is 15.5 Å². The van der Waals surface area contributed by atoms with Crippen LogP contribution >= 0.6 is 0 Å². The minimum absolute atomic E-state index is 0.0603. The number of amides is 1. The van der Waals surface area contributed by atoms with Gasteiger partial charge in [0.1, 0.15) is 23.4 Å². The molecule has 1 saturated carbocycles. The van der Waals surface area contributed by atoms with Crippen molar-refractivity contribution < 1.29 is 24.1 Å². The van der Waals surface area contributed by atoms with E-state index in [0.29, 0.717) is 34.0 Å². The Morgan fingerprint density at radius 1 is 1.23 bits per heavy atom. The van der Waals surface area contributed by atoms with Gasteiger partial charge in [-0.25, -0.2) is 9.37 Å². The third-order valence-electron chi connectivity index (χ3n) is 7.11. The minimum Gasteiger partial charge on any atom is -0.494 e. The molecule has 9 heteroatoms. The number of aromatic nitrogens is 1. The lowest BCUT2D eigenvalue weighted by Gasteiger charge is -2.34. The highest BCUT2D eigenvalue weighted by Gasteiger charge is 2.27. The average molecular weight is 533 g/mol. The fourth-order valence-corrected chi connectivity index (χ4v) is 4.54. The molecule has 2 aromatic carbocycles. The Morgan fingerprint density at radius 2 is 1.97 bits per heavy atom. The highest BCUT2D eigenvalue weighted by atomic mass is 19.1. The van der Waals surface area contributed by atoms with Crippen molar-refractivity contribution in [3.8, 4) is 17.0 Å². The molecule has 4 N–H and O–H groups in total. The predicted molar refractivity (Wildman–Crippen MR) is 148 cm³/mol. The van der Waals surface area contributed by atoms with Gasteiger partial charge in [0.15, 0.2) is 0 Å². The van der Waals surface area contributed by atoms with Crippen LogP contribution in [0.1, 0.15) is 65.9 Å². The zero-order chi connectivity index (χ0) is 27.7. The maximum Gasteiger partial charge on any atom is 0.251 e. The highest BCUT2D eigenvalue weighted by Crippen LogP contribution is 2.37. The number of aliphatic hydroxyl groups excluding tert-OH is 2. The number of pyridine rings is 1. The fourth-order valence-electron chi connectivity index (χ4n) is 4.54. The summed E-state index contributed by atoms with van der Waals surface area (Å²) in [5.74, 6) is -0.117. The van der Waals surface area contributed by atoms with Crippen LogP contribution in [0, 0.1) is 5.82 Å². The first-order valence-electron chi connectivity index (χ1n) is 13.1. The quantitative estimate of drug-likeness (QED) is 0.319. The third kappa shape index (κ3) is 5.89. The monoisotopic (exact) mass is 532 g/mol. The maximum absolute atomic E-state index is 13.5. The van der Waals surface area contributed by atoms with E-state index in [9.17, 15) is 19.4 Å². The second kappa shape index (κ2) is 11.0. The Balaban J connectivity index is 1.41. The number of hydrogen-bond acceptors (Lipinski definition) is 7. The van der Waals surface area contributed by atoms with Crippen LogP contribution in [0.5, 0.6) is 5.75 Å². The van der Waals surface area contributed by atoms with Gasteiger partial charge in [-0.2, -0.15) is 0 Å². The number of methoxy groups -OCH3 is 1. The minimum atomic E-state index is -0.984. The van der Waals surface area contributed by atoms with Crippen molar-refractivity contribution in [2.45, 2.75) is 44.8 Å². The molecular formula is C30H33FN4O4. The molecule has 204 valence electrons. The second-order valence-electron chi connectivity index (χ2n) is 10.2. The van der Waals surface area contributed by atoms with Gasteiger partial charge in [-0.1, -0.05) is 6.92 Å². The molecule has 1 aliphatic carbocycles. The number of nitrogens with one attached hydrogen (secondary N) is 2. The molecule has 2 atom stereocenters. The zero-order valence-electron chi connectivity index (χ0n) is 22.2. The first kappa shape index (κ1) is 26.6. The number of hydrazine groups is 1. The smallest absolute Gasteiger partial charge is 0.251 e. The van der Waals surface area contributed by atoms with Crippen LogP contribution in [-0.2, 0) is 0 Å². The number of halogens is 1. The van der Waals surface area contributed by atoms with Crippen molar-refractivity contribution in [3.05, 3.63) is 82.4 Å². The van der Waals surface area contributed by atoms with Gasteiger partial charge in [-0.05, 0) is 79.9 Å². The van der Waals surface area contributed by atoms with E-state index >= 15 is 0 Å². The Hall–Kier alpha value is -3.95. The van der Waals surface area contributed by atoms with E-state index in [0.717, 1.165) is 29.7 Å². The number of hydrogen-bond donors (Lipinski definition) is 4. The number of carbonyl (C=O) groups excluding carboxylic acids is 1. The molecule has 1 aromatic heterocycles. The van der Waals surface area contributed by atoms with E-state index in [-0.39, 0.29) is 36.8 Å². The fraction of sp³-hybridized carbons (Fsp3) is 0.333. The van der Waals surface area contributed by atoms with E-state index in [1.165, 1.54) is 12.1 Å². The van der Waals surface area contributed by atoms with Crippen LogP contribution in [-0.4, -0.2) is 52.4 Å². The Morgan fingerprint density at radius 3 is 2.64 bits per heavy atom. The average Bonchev–Trinajstić information content (AvgIpc) is 3.76. The topological polar surface area (TPSA) is 107 Å². The summed E-state index contributed by atoms with van der Waals surface area (Å²) >= 11 is 0. The number of fused-ring (bicyclic) bond motifs is 1. The number of ether oxygens (including phenoxy) is 1. The van der Waals surface area contributed by atoms with Crippen molar-refractivity contribution in [2.75, 3.05) is 25.7 Å². The molecule has 8 nitrogen and oxygen atoms in total. The number of anilines is 1. The van der Waals surface area contributed by atoms with E-state index in [4.69, 9.17) is 4.74 Å². The molecule has 0 radical (unpaired) electrons. The van der Waals surface area contributed by atoms with Crippen LogP contribution in [0.15, 0.2) is 54.2 Å². The van der Waals surface area contributed by atoms with E-state index in [1.54, 1.807) is 36.4 Å². The largest absolute Gasteiger partial charge is 0.494 e. The molecule has 5 rings (SSSR count). The summed E-state index contributed by atoms with van der Waals surface area (Å²) in [6, 6.07) is 13.5. The summed E-state index contributed by atoms with van der Waals surface area (Å²) in [5, 5.41) is 25.9. The summed E-state index contributed by atoms with van der Waals surface area (Å²) < 4.78 is 19.1. The number of rotatable bonds is 9. The van der Waals surface area contributed by atoms with Crippen LogP contribution in [0.2, 0.25) is 0 Å². The Bertz CT molecular complexity index is 1400. The maximum atomic E-state index is 13.5. The first-order chi connectivity index (χ1) is 18.7. The molecule has 0 bridgehead atoms. The van der Waals surface area contributed by atoms with Crippen LogP contribution in [0.4, 0.5) is 10.1 Å². The Labute approximate surface area is 227 Å². The van der Waals surface area contributed by atoms with Gasteiger partial charge in [0.25, 0.3) is 5.91 Å². The summed E-state index contributed by atoms with van der Waals surface area (Å²) in [5.41, 5.74) is 8.76. The number of carbonyl (C=O) groups is 1. The number of nitrogens with zero attached hydrogens (tertiary/aromatic N) is 2. The number of allylic oxidation sites excluding steroid dienone is 1. The van der Waals surface area contributed by atoms with Crippen LogP contribution in [0.25, 0.3) is 17.3 Å². The van der Waals surface area contributed by atoms with Crippen molar-refractivity contribution in [3.63, 3.8) is 0 Å². The van der Waals surface area contributed by atoms with E-state index in [2.05, 4.69) is 15.7 Å². The van der Waals surface area contributed by atoms with E-state index in [1.807, 2.05) is 32.1 Å². The normalized spacial score (nSPS) is 16.1. The summed E-state index contributed by atoms with van der Waals surface area (Å²) in [6.45, 7) is 3.91. The molecule has 0 saturated heterocycles. The molecule has 0 spiro atoms. The standard InChI is InChI=1S/C30H33FN4O4/c1-17(16-36)20-12-25(19-4-6-23(31)7-5-19)33-26(13-20)27(37)15-35-18(2)10-21-11-22(30(38)32-24-8-9-24)14-28(39-3)29(21)34-35/h4-7,10-14,17,24,27,34,36-37H,8-9,15-16H2,1-3H3,(H,32,38). The van der Waals surface area contributed by atoms with Gasteiger partial charge in [0, 0.05) is 41.0 Å². The van der Waals surface area contributed by atoms with Crippen LogP contribution in [0.3, 0.4) is 0 Å².